The lowest BCUT2D eigenvalue weighted by Gasteiger charge is -2.26. The molecule has 1 heterocycles. The van der Waals surface area contributed by atoms with E-state index in [9.17, 15) is 9.59 Å². The number of hydrogen-bond donors (Lipinski definition) is 1. The molecule has 1 aliphatic heterocycles. The van der Waals surface area contributed by atoms with E-state index in [1.165, 1.54) is 0 Å². The first-order valence-electron chi connectivity index (χ1n) is 3.84. The van der Waals surface area contributed by atoms with Gasteiger partial charge in [0.2, 0.25) is 11.8 Å². The summed E-state index contributed by atoms with van der Waals surface area (Å²) in [6.45, 7) is 1.43. The zero-order chi connectivity index (χ0) is 8.97. The molecule has 0 bridgehead atoms. The first-order valence-corrected chi connectivity index (χ1v) is 4.96. The summed E-state index contributed by atoms with van der Waals surface area (Å²) >= 11 is 3.18. The molecule has 12 heavy (non-hydrogen) atoms. The summed E-state index contributed by atoms with van der Waals surface area (Å²) in [6.07, 6.45) is 0.466. The van der Waals surface area contributed by atoms with Gasteiger partial charge in [-0.15, -0.1) is 0 Å². The van der Waals surface area contributed by atoms with E-state index in [0.717, 1.165) is 0 Å². The van der Waals surface area contributed by atoms with E-state index >= 15 is 0 Å². The Labute approximate surface area is 79.4 Å². The van der Waals surface area contributed by atoms with E-state index in [-0.39, 0.29) is 18.4 Å². The Hall–Kier alpha value is -0.580. The van der Waals surface area contributed by atoms with Crippen molar-refractivity contribution in [3.63, 3.8) is 0 Å². The van der Waals surface area contributed by atoms with Crippen LogP contribution in [0.15, 0.2) is 0 Å². The minimum absolute atomic E-state index is 0.0433. The van der Waals surface area contributed by atoms with E-state index in [2.05, 4.69) is 21.2 Å². The van der Waals surface area contributed by atoms with Crippen LogP contribution < -0.4 is 5.32 Å². The molecule has 0 radical (unpaired) electrons. The van der Waals surface area contributed by atoms with E-state index < -0.39 is 0 Å². The number of carbonyl (C=O) groups is 2. The van der Waals surface area contributed by atoms with Crippen LogP contribution in [0.1, 0.15) is 6.42 Å². The van der Waals surface area contributed by atoms with Crippen molar-refractivity contribution < 1.29 is 9.59 Å². The zero-order valence-electron chi connectivity index (χ0n) is 6.68. The van der Waals surface area contributed by atoms with Crippen molar-refractivity contribution in [2.24, 2.45) is 0 Å². The predicted molar refractivity (Wildman–Crippen MR) is 48.0 cm³/mol. The summed E-state index contributed by atoms with van der Waals surface area (Å²) in [6, 6.07) is 0. The summed E-state index contributed by atoms with van der Waals surface area (Å²) in [5, 5.41) is 3.32. The fraction of sp³-hybridized carbons (Fsp3) is 0.714. The second kappa shape index (κ2) is 4.45. The molecular formula is C7H11BrN2O2. The highest BCUT2D eigenvalue weighted by Gasteiger charge is 2.19. The van der Waals surface area contributed by atoms with Gasteiger partial charge in [-0.25, -0.2) is 0 Å². The molecule has 1 fully saturated rings. The van der Waals surface area contributed by atoms with E-state index in [1.54, 1.807) is 4.90 Å². The van der Waals surface area contributed by atoms with Crippen molar-refractivity contribution in [2.75, 3.05) is 25.0 Å². The Morgan fingerprint density at radius 2 is 2.42 bits per heavy atom. The second-order valence-electron chi connectivity index (χ2n) is 2.60. The summed E-state index contributed by atoms with van der Waals surface area (Å²) in [5.74, 6) is -0.0223. The van der Waals surface area contributed by atoms with Gasteiger partial charge < -0.3 is 10.2 Å². The molecule has 0 aromatic heterocycles. The Morgan fingerprint density at radius 1 is 1.67 bits per heavy atom. The monoisotopic (exact) mass is 234 g/mol. The second-order valence-corrected chi connectivity index (χ2v) is 3.40. The smallest absolute Gasteiger partial charge is 0.239 e. The van der Waals surface area contributed by atoms with Gasteiger partial charge in [-0.1, -0.05) is 15.9 Å². The molecule has 0 aromatic rings. The van der Waals surface area contributed by atoms with Crippen LogP contribution in [-0.2, 0) is 9.59 Å². The average molecular weight is 235 g/mol. The molecule has 1 rings (SSSR count). The number of nitrogens with zero attached hydrogens (tertiary/aromatic N) is 1. The zero-order valence-corrected chi connectivity index (χ0v) is 8.26. The van der Waals surface area contributed by atoms with Crippen molar-refractivity contribution in [3.8, 4) is 0 Å². The lowest BCUT2D eigenvalue weighted by atomic mass is 10.3. The van der Waals surface area contributed by atoms with Crippen molar-refractivity contribution in [1.82, 2.24) is 10.2 Å². The highest BCUT2D eigenvalue weighted by molar-refractivity contribution is 9.09. The van der Waals surface area contributed by atoms with Crippen LogP contribution in [0.2, 0.25) is 0 Å². The summed E-state index contributed by atoms with van der Waals surface area (Å²) in [5.41, 5.74) is 0. The largest absolute Gasteiger partial charge is 0.353 e. The quantitative estimate of drug-likeness (QED) is 0.670. The topological polar surface area (TPSA) is 49.4 Å². The molecule has 0 spiro atoms. The lowest BCUT2D eigenvalue weighted by molar-refractivity contribution is -0.137. The summed E-state index contributed by atoms with van der Waals surface area (Å²) < 4.78 is 0. The van der Waals surface area contributed by atoms with Crippen LogP contribution in [0.3, 0.4) is 0 Å². The van der Waals surface area contributed by atoms with Gasteiger partial charge in [0.25, 0.3) is 0 Å². The van der Waals surface area contributed by atoms with Crippen LogP contribution in [0.25, 0.3) is 0 Å². The van der Waals surface area contributed by atoms with Gasteiger partial charge in [0.1, 0.15) is 0 Å². The molecule has 0 saturated carbocycles. The molecular weight excluding hydrogens is 224 g/mol. The van der Waals surface area contributed by atoms with Crippen LogP contribution in [-0.4, -0.2) is 41.7 Å². The lowest BCUT2D eigenvalue weighted by Crippen LogP contribution is -2.50. The molecule has 1 saturated heterocycles. The Bertz CT molecular complexity index is 196. The van der Waals surface area contributed by atoms with Gasteiger partial charge in [0.15, 0.2) is 0 Å². The highest BCUT2D eigenvalue weighted by atomic mass is 79.9. The molecule has 4 nitrogen and oxygen atoms in total. The first-order chi connectivity index (χ1) is 5.74. The summed E-state index contributed by atoms with van der Waals surface area (Å²) in [7, 11) is 0. The third-order valence-electron chi connectivity index (χ3n) is 1.70. The molecule has 2 amide bonds. The Morgan fingerprint density at radius 3 is 3.00 bits per heavy atom. The van der Waals surface area contributed by atoms with E-state index in [4.69, 9.17) is 0 Å². The average Bonchev–Trinajstić information content (AvgIpc) is 2.05. The Balaban J connectivity index is 2.40. The first kappa shape index (κ1) is 9.51. The molecule has 68 valence electrons. The number of carbonyl (C=O) groups excluding carboxylic acids is 2. The SMILES string of the molecule is O=C1CN(C(=O)CCBr)CCN1. The minimum atomic E-state index is -0.0656. The van der Waals surface area contributed by atoms with E-state index in [0.29, 0.717) is 24.8 Å². The molecule has 1 aliphatic rings. The third-order valence-corrected chi connectivity index (χ3v) is 2.10. The molecule has 0 aromatic carbocycles. The maximum atomic E-state index is 11.3. The number of piperazine rings is 1. The number of amides is 2. The number of alkyl halides is 1. The maximum Gasteiger partial charge on any atom is 0.239 e. The van der Waals surface area contributed by atoms with Gasteiger partial charge in [0.05, 0.1) is 6.54 Å². The van der Waals surface area contributed by atoms with Gasteiger partial charge in [-0.05, 0) is 0 Å². The van der Waals surface area contributed by atoms with Crippen molar-refractivity contribution in [2.45, 2.75) is 6.42 Å². The molecule has 1 N–H and O–H groups in total. The molecule has 5 heteroatoms. The van der Waals surface area contributed by atoms with Crippen molar-refractivity contribution in [3.05, 3.63) is 0 Å². The fourth-order valence-corrected chi connectivity index (χ4v) is 1.43. The molecule has 0 atom stereocenters. The Kier molecular flexibility index (Phi) is 3.52. The number of halogens is 1. The number of hydrogen-bond acceptors (Lipinski definition) is 2. The molecule has 0 unspecified atom stereocenters. The summed E-state index contributed by atoms with van der Waals surface area (Å²) in [4.78, 5) is 23.7. The van der Waals surface area contributed by atoms with Crippen LogP contribution >= 0.6 is 15.9 Å². The third kappa shape index (κ3) is 2.48. The normalized spacial score (nSPS) is 17.4. The highest BCUT2D eigenvalue weighted by Crippen LogP contribution is 1.99. The predicted octanol–water partition coefficient (Wildman–Crippen LogP) is -0.270. The fourth-order valence-electron chi connectivity index (χ4n) is 1.09. The van der Waals surface area contributed by atoms with Crippen LogP contribution in [0, 0.1) is 0 Å². The van der Waals surface area contributed by atoms with Crippen molar-refractivity contribution in [1.29, 1.82) is 0 Å². The van der Waals surface area contributed by atoms with Gasteiger partial charge in [-0.2, -0.15) is 0 Å². The number of rotatable bonds is 2. The van der Waals surface area contributed by atoms with Gasteiger partial charge in [-0.3, -0.25) is 9.59 Å². The van der Waals surface area contributed by atoms with Gasteiger partial charge >= 0.3 is 0 Å². The van der Waals surface area contributed by atoms with Crippen LogP contribution in [0.5, 0.6) is 0 Å². The maximum absolute atomic E-state index is 11.3. The van der Waals surface area contributed by atoms with Crippen LogP contribution in [0.4, 0.5) is 0 Å². The van der Waals surface area contributed by atoms with Gasteiger partial charge in [0, 0.05) is 24.8 Å². The number of nitrogens with one attached hydrogen (secondary N) is 1. The molecule has 0 aliphatic carbocycles. The van der Waals surface area contributed by atoms with E-state index in [1.807, 2.05) is 0 Å². The van der Waals surface area contributed by atoms with Crippen molar-refractivity contribution >= 4 is 27.7 Å². The minimum Gasteiger partial charge on any atom is -0.353 e. The standard InChI is InChI=1S/C7H11BrN2O2/c8-2-1-7(12)10-4-3-9-6(11)5-10/h1-5H2,(H,9,11).